The number of aliphatic hydroxyl groups excluding tert-OH is 1. The van der Waals surface area contributed by atoms with Gasteiger partial charge in [0.1, 0.15) is 5.75 Å². The first-order valence-corrected chi connectivity index (χ1v) is 16.4. The summed E-state index contributed by atoms with van der Waals surface area (Å²) in [4.78, 5) is 22.7. The van der Waals surface area contributed by atoms with Crippen molar-refractivity contribution in [2.24, 2.45) is 10.1 Å². The molecule has 246 valence electrons. The lowest BCUT2D eigenvalue weighted by molar-refractivity contribution is -0.130. The third kappa shape index (κ3) is 7.28. The topological polar surface area (TPSA) is 141 Å². The molecule has 4 aromatic carbocycles. The summed E-state index contributed by atoms with van der Waals surface area (Å²) < 4.78 is 12.3. The van der Waals surface area contributed by atoms with Gasteiger partial charge in [0.05, 0.1) is 13.2 Å². The van der Waals surface area contributed by atoms with Crippen LogP contribution in [-0.2, 0) is 35.3 Å². The molecule has 6 rings (SSSR count). The van der Waals surface area contributed by atoms with Crippen molar-refractivity contribution in [3.63, 3.8) is 0 Å². The predicted molar refractivity (Wildman–Crippen MR) is 185 cm³/mol. The number of aliphatic imine (C=N–C) groups is 1. The lowest BCUT2D eigenvalue weighted by atomic mass is 9.81. The standard InChI is InChI=1S/C36H34Cl2N6O4/c37-28-12-15-31(32(38)20-28)33-36(21-26-8-3-4-9-27(26)22-40-44-39,35(46)43-42-29-18-24-6-1-2-7-25(24)19-29)41-34(48-33)23-10-13-30(14-11-23)47-17-5-16-45/h1-4,6-15,20,29,33,42,45H,5,16-19,21-22H2,(H,43,46)/t33-,36-/m0/s1. The third-order valence-corrected chi connectivity index (χ3v) is 9.16. The lowest BCUT2D eigenvalue weighted by Gasteiger charge is -2.32. The number of azide groups is 1. The first kappa shape index (κ1) is 33.3. The fraction of sp³-hybridized carbons (Fsp3) is 0.278. The molecule has 0 spiro atoms. The summed E-state index contributed by atoms with van der Waals surface area (Å²) in [6, 6.07) is 28.0. The SMILES string of the molecule is [N-]=[N+]=NCc1ccccc1C[C@]1(C(=O)NNC2Cc3ccccc3C2)N=C(c2ccc(OCCCO)cc2)O[C@H]1c1ccc(Cl)cc1Cl. The molecule has 2 aliphatic rings. The van der Waals surface area contributed by atoms with Crippen LogP contribution >= 0.6 is 23.2 Å². The van der Waals surface area contributed by atoms with Crippen molar-refractivity contribution in [1.29, 1.82) is 0 Å². The molecule has 0 saturated carbocycles. The Hall–Kier alpha value is -4.57. The molecular formula is C36H34Cl2N6O4. The number of benzene rings is 4. The van der Waals surface area contributed by atoms with Gasteiger partial charge in [0, 0.05) is 51.6 Å². The number of hydrazine groups is 1. The van der Waals surface area contributed by atoms with Gasteiger partial charge in [0.2, 0.25) is 5.90 Å². The zero-order valence-corrected chi connectivity index (χ0v) is 27.5. The van der Waals surface area contributed by atoms with Crippen molar-refractivity contribution in [3.8, 4) is 5.75 Å². The minimum Gasteiger partial charge on any atom is -0.494 e. The van der Waals surface area contributed by atoms with Crippen molar-refractivity contribution in [2.75, 3.05) is 13.2 Å². The highest BCUT2D eigenvalue weighted by Crippen LogP contribution is 2.45. The molecule has 2 atom stereocenters. The number of hydrogen-bond acceptors (Lipinski definition) is 7. The van der Waals surface area contributed by atoms with E-state index >= 15 is 0 Å². The highest BCUT2D eigenvalue weighted by Gasteiger charge is 2.54. The van der Waals surface area contributed by atoms with Gasteiger partial charge in [-0.2, -0.15) is 0 Å². The van der Waals surface area contributed by atoms with Crippen LogP contribution < -0.4 is 15.6 Å². The normalized spacial score (nSPS) is 18.4. The molecule has 12 heteroatoms. The number of nitrogens with one attached hydrogen (secondary N) is 2. The van der Waals surface area contributed by atoms with E-state index in [4.69, 9.17) is 48.3 Å². The van der Waals surface area contributed by atoms with Gasteiger partial charge in [-0.15, -0.1) is 0 Å². The summed E-state index contributed by atoms with van der Waals surface area (Å²) in [6.45, 7) is 0.516. The van der Waals surface area contributed by atoms with E-state index in [0.717, 1.165) is 24.0 Å². The van der Waals surface area contributed by atoms with Crippen molar-refractivity contribution in [3.05, 3.63) is 145 Å². The second-order valence-electron chi connectivity index (χ2n) is 11.8. The van der Waals surface area contributed by atoms with Gasteiger partial charge in [-0.05, 0) is 77.0 Å². The number of carbonyl (C=O) groups is 1. The number of nitrogens with zero attached hydrogens (tertiary/aromatic N) is 4. The molecule has 1 aliphatic heterocycles. The van der Waals surface area contributed by atoms with Gasteiger partial charge >= 0.3 is 0 Å². The van der Waals surface area contributed by atoms with Crippen molar-refractivity contribution >= 4 is 35.0 Å². The van der Waals surface area contributed by atoms with Gasteiger partial charge in [0.15, 0.2) is 11.6 Å². The summed E-state index contributed by atoms with van der Waals surface area (Å²) in [6.07, 6.45) is 1.21. The Kier molecular flexibility index (Phi) is 10.5. The molecule has 1 amide bonds. The summed E-state index contributed by atoms with van der Waals surface area (Å²) in [7, 11) is 0. The molecule has 0 saturated heterocycles. The zero-order chi connectivity index (χ0) is 33.5. The Morgan fingerprint density at radius 2 is 1.73 bits per heavy atom. The summed E-state index contributed by atoms with van der Waals surface area (Å²) in [5, 5.41) is 13.7. The number of carbonyl (C=O) groups excluding carboxylic acids is 1. The monoisotopic (exact) mass is 684 g/mol. The second-order valence-corrected chi connectivity index (χ2v) is 12.6. The van der Waals surface area contributed by atoms with Crippen molar-refractivity contribution in [2.45, 2.75) is 49.9 Å². The average molecular weight is 686 g/mol. The van der Waals surface area contributed by atoms with Crippen LogP contribution in [0.1, 0.15) is 45.9 Å². The molecule has 0 radical (unpaired) electrons. The fourth-order valence-electron chi connectivity index (χ4n) is 6.19. The predicted octanol–water partition coefficient (Wildman–Crippen LogP) is 6.85. The van der Waals surface area contributed by atoms with Crippen LogP contribution in [-0.4, -0.2) is 41.7 Å². The van der Waals surface area contributed by atoms with Gasteiger partial charge in [0.25, 0.3) is 5.91 Å². The van der Waals surface area contributed by atoms with Crippen molar-refractivity contribution < 1.29 is 19.4 Å². The lowest BCUT2D eigenvalue weighted by Crippen LogP contribution is -2.56. The van der Waals surface area contributed by atoms with E-state index in [1.807, 2.05) is 48.5 Å². The molecule has 4 aromatic rings. The molecule has 0 fully saturated rings. The van der Waals surface area contributed by atoms with Crippen LogP contribution in [0.4, 0.5) is 0 Å². The molecule has 0 unspecified atom stereocenters. The Morgan fingerprint density at radius 3 is 2.42 bits per heavy atom. The van der Waals surface area contributed by atoms with Crippen LogP contribution in [0, 0.1) is 0 Å². The maximum Gasteiger partial charge on any atom is 0.266 e. The number of hydrogen-bond donors (Lipinski definition) is 3. The first-order chi connectivity index (χ1) is 23.4. The number of rotatable bonds is 13. The molecular weight excluding hydrogens is 651 g/mol. The van der Waals surface area contributed by atoms with E-state index < -0.39 is 17.6 Å². The summed E-state index contributed by atoms with van der Waals surface area (Å²) >= 11 is 13.1. The number of amides is 1. The number of fused-ring (bicyclic) bond motifs is 1. The maximum absolute atomic E-state index is 14.7. The van der Waals surface area contributed by atoms with E-state index in [2.05, 4.69) is 33.0 Å². The van der Waals surface area contributed by atoms with Gasteiger partial charge in [-0.25, -0.2) is 10.4 Å². The smallest absolute Gasteiger partial charge is 0.266 e. The van der Waals surface area contributed by atoms with E-state index in [1.54, 1.807) is 30.3 Å². The number of ether oxygens (including phenoxy) is 2. The molecule has 3 N–H and O–H groups in total. The molecule has 48 heavy (non-hydrogen) atoms. The Labute approximate surface area is 288 Å². The van der Waals surface area contributed by atoms with Gasteiger partial charge < -0.3 is 14.6 Å². The third-order valence-electron chi connectivity index (χ3n) is 8.60. The van der Waals surface area contributed by atoms with Crippen molar-refractivity contribution in [1.82, 2.24) is 10.9 Å². The van der Waals surface area contributed by atoms with Crippen LogP contribution in [0.25, 0.3) is 10.4 Å². The fourth-order valence-corrected chi connectivity index (χ4v) is 6.70. The molecule has 0 aromatic heterocycles. The van der Waals surface area contributed by atoms with Crippen LogP contribution in [0.2, 0.25) is 10.0 Å². The minimum atomic E-state index is -1.55. The Bertz CT molecular complexity index is 1840. The summed E-state index contributed by atoms with van der Waals surface area (Å²) in [5.74, 6) is 0.469. The highest BCUT2D eigenvalue weighted by atomic mass is 35.5. The molecule has 1 aliphatic carbocycles. The minimum absolute atomic E-state index is 0.0117. The largest absolute Gasteiger partial charge is 0.494 e. The molecule has 0 bridgehead atoms. The quantitative estimate of drug-likeness (QED) is 0.0464. The van der Waals surface area contributed by atoms with Crippen LogP contribution in [0.3, 0.4) is 0 Å². The van der Waals surface area contributed by atoms with Crippen LogP contribution in [0.15, 0.2) is 101 Å². The molecule has 1 heterocycles. The second kappa shape index (κ2) is 15.1. The van der Waals surface area contributed by atoms with E-state index in [0.29, 0.717) is 39.9 Å². The number of halogens is 2. The maximum atomic E-state index is 14.7. The van der Waals surface area contributed by atoms with Gasteiger partial charge in [-0.1, -0.05) is 82.9 Å². The van der Waals surface area contributed by atoms with Gasteiger partial charge in [-0.3, -0.25) is 10.2 Å². The summed E-state index contributed by atoms with van der Waals surface area (Å²) in [5.41, 5.74) is 19.0. The Morgan fingerprint density at radius 1 is 1.02 bits per heavy atom. The van der Waals surface area contributed by atoms with Crippen LogP contribution in [0.5, 0.6) is 5.75 Å². The first-order valence-electron chi connectivity index (χ1n) is 15.7. The average Bonchev–Trinajstić information content (AvgIpc) is 3.69. The van der Waals surface area contributed by atoms with E-state index in [9.17, 15) is 4.79 Å². The Balaban J connectivity index is 1.41. The van der Waals surface area contributed by atoms with E-state index in [1.165, 1.54) is 11.1 Å². The van der Waals surface area contributed by atoms with E-state index in [-0.39, 0.29) is 31.5 Å². The zero-order valence-electron chi connectivity index (χ0n) is 26.0. The molecule has 10 nitrogen and oxygen atoms in total. The number of aliphatic hydroxyl groups is 1. The highest BCUT2D eigenvalue weighted by molar-refractivity contribution is 6.35.